The topological polar surface area (TPSA) is 75.0 Å². The molecule has 31 heavy (non-hydrogen) atoms. The van der Waals surface area contributed by atoms with E-state index in [1.54, 1.807) is 48.5 Å². The van der Waals surface area contributed by atoms with E-state index >= 15 is 0 Å². The molecule has 0 unspecified atom stereocenters. The Labute approximate surface area is 177 Å². The maximum absolute atomic E-state index is 13.1. The number of carbonyl (C=O) groups is 1. The summed E-state index contributed by atoms with van der Waals surface area (Å²) in [5, 5.41) is 0.392. The molecule has 4 aromatic rings. The van der Waals surface area contributed by atoms with Gasteiger partial charge in [0.2, 0.25) is 0 Å². The van der Waals surface area contributed by atoms with Crippen LogP contribution in [0.5, 0.6) is 17.2 Å². The Bertz CT molecular complexity index is 1370. The van der Waals surface area contributed by atoms with Gasteiger partial charge in [0.25, 0.3) is 0 Å². The first-order valence-corrected chi connectivity index (χ1v) is 9.83. The minimum Gasteiger partial charge on any atom is -0.486 e. The first kappa shape index (κ1) is 18.9. The molecule has 0 aliphatic carbocycles. The van der Waals surface area contributed by atoms with Crippen LogP contribution in [0.25, 0.3) is 22.1 Å². The van der Waals surface area contributed by atoms with Crippen molar-refractivity contribution in [3.05, 3.63) is 88.3 Å². The molecule has 0 saturated carbocycles. The minimum atomic E-state index is -0.465. The third kappa shape index (κ3) is 3.53. The number of carbonyl (C=O) groups excluding carboxylic acids is 1. The molecule has 0 saturated heterocycles. The van der Waals surface area contributed by atoms with Crippen molar-refractivity contribution in [2.75, 3.05) is 13.2 Å². The highest BCUT2D eigenvalue weighted by Gasteiger charge is 2.16. The van der Waals surface area contributed by atoms with Crippen molar-refractivity contribution in [1.29, 1.82) is 0 Å². The molecule has 0 N–H and O–H groups in total. The standard InChI is InChI=1S/C25H18O6/c1-15-4-2-3-5-18(15)25(27)31-17-7-8-19-22(13-17)30-14-20(24(19)26)16-6-9-21-23(12-16)29-11-10-28-21/h2-9,12-14H,10-11H2,1H3. The van der Waals surface area contributed by atoms with E-state index in [9.17, 15) is 9.59 Å². The Morgan fingerprint density at radius 3 is 2.58 bits per heavy atom. The summed E-state index contributed by atoms with van der Waals surface area (Å²) >= 11 is 0. The van der Waals surface area contributed by atoms with Crippen LogP contribution < -0.4 is 19.6 Å². The van der Waals surface area contributed by atoms with Crippen molar-refractivity contribution in [3.8, 4) is 28.4 Å². The van der Waals surface area contributed by atoms with Crippen molar-refractivity contribution in [2.45, 2.75) is 6.92 Å². The van der Waals surface area contributed by atoms with Gasteiger partial charge in [0.1, 0.15) is 30.8 Å². The molecule has 0 spiro atoms. The Hall–Kier alpha value is -4.06. The van der Waals surface area contributed by atoms with Gasteiger partial charge in [-0.1, -0.05) is 24.3 Å². The number of hydrogen-bond donors (Lipinski definition) is 0. The molecule has 5 rings (SSSR count). The van der Waals surface area contributed by atoms with E-state index in [0.717, 1.165) is 5.56 Å². The number of rotatable bonds is 3. The molecule has 6 nitrogen and oxygen atoms in total. The first-order chi connectivity index (χ1) is 15.1. The SMILES string of the molecule is Cc1ccccc1C(=O)Oc1ccc2c(=O)c(-c3ccc4c(c3)OCCO4)coc2c1. The smallest absolute Gasteiger partial charge is 0.343 e. The lowest BCUT2D eigenvalue weighted by Crippen LogP contribution is -2.15. The van der Waals surface area contributed by atoms with E-state index in [2.05, 4.69) is 0 Å². The van der Waals surface area contributed by atoms with Crippen LogP contribution in [0.1, 0.15) is 15.9 Å². The predicted octanol–water partition coefficient (Wildman–Crippen LogP) is 4.76. The van der Waals surface area contributed by atoms with Crippen LogP contribution in [0.3, 0.4) is 0 Å². The van der Waals surface area contributed by atoms with Gasteiger partial charge in [-0.2, -0.15) is 0 Å². The summed E-state index contributed by atoms with van der Waals surface area (Å²) in [6.45, 7) is 2.81. The zero-order valence-electron chi connectivity index (χ0n) is 16.7. The van der Waals surface area contributed by atoms with E-state index in [1.807, 2.05) is 19.1 Å². The molecule has 0 bridgehead atoms. The summed E-state index contributed by atoms with van der Waals surface area (Å²) < 4.78 is 22.3. The Morgan fingerprint density at radius 2 is 1.74 bits per heavy atom. The van der Waals surface area contributed by atoms with Gasteiger partial charge in [0.05, 0.1) is 16.5 Å². The number of hydrogen-bond acceptors (Lipinski definition) is 6. The molecular formula is C25H18O6. The molecule has 3 aromatic carbocycles. The quantitative estimate of drug-likeness (QED) is 0.355. The van der Waals surface area contributed by atoms with Crippen molar-refractivity contribution < 1.29 is 23.4 Å². The highest BCUT2D eigenvalue weighted by atomic mass is 16.6. The van der Waals surface area contributed by atoms with E-state index in [4.69, 9.17) is 18.6 Å². The van der Waals surface area contributed by atoms with Gasteiger partial charge in [-0.05, 0) is 48.4 Å². The normalized spacial score (nSPS) is 12.5. The second-order valence-corrected chi connectivity index (χ2v) is 7.20. The van der Waals surface area contributed by atoms with Gasteiger partial charge in [0, 0.05) is 6.07 Å². The van der Waals surface area contributed by atoms with Gasteiger partial charge in [0.15, 0.2) is 16.9 Å². The molecule has 1 aromatic heterocycles. The van der Waals surface area contributed by atoms with Crippen LogP contribution in [0.2, 0.25) is 0 Å². The predicted molar refractivity (Wildman–Crippen MR) is 115 cm³/mol. The third-order valence-corrected chi connectivity index (χ3v) is 5.17. The Balaban J connectivity index is 1.47. The summed E-state index contributed by atoms with van der Waals surface area (Å²) in [6, 6.07) is 17.3. The van der Waals surface area contributed by atoms with Crippen LogP contribution >= 0.6 is 0 Å². The fourth-order valence-corrected chi connectivity index (χ4v) is 3.55. The number of fused-ring (bicyclic) bond motifs is 2. The van der Waals surface area contributed by atoms with Crippen molar-refractivity contribution in [2.24, 2.45) is 0 Å². The van der Waals surface area contributed by atoms with Gasteiger partial charge in [-0.25, -0.2) is 4.79 Å². The van der Waals surface area contributed by atoms with Crippen LogP contribution in [0.4, 0.5) is 0 Å². The van der Waals surface area contributed by atoms with Gasteiger partial charge in [-0.15, -0.1) is 0 Å². The van der Waals surface area contributed by atoms with Crippen LogP contribution in [-0.4, -0.2) is 19.2 Å². The van der Waals surface area contributed by atoms with E-state index in [-0.39, 0.29) is 5.43 Å². The minimum absolute atomic E-state index is 0.185. The Morgan fingerprint density at radius 1 is 0.935 bits per heavy atom. The maximum Gasteiger partial charge on any atom is 0.343 e. The molecular weight excluding hydrogens is 396 g/mol. The van der Waals surface area contributed by atoms with Crippen molar-refractivity contribution >= 4 is 16.9 Å². The fraction of sp³-hybridized carbons (Fsp3) is 0.120. The zero-order valence-corrected chi connectivity index (χ0v) is 16.7. The highest BCUT2D eigenvalue weighted by molar-refractivity contribution is 5.93. The van der Waals surface area contributed by atoms with Crippen LogP contribution in [0.15, 0.2) is 76.1 Å². The van der Waals surface area contributed by atoms with Crippen LogP contribution in [-0.2, 0) is 0 Å². The first-order valence-electron chi connectivity index (χ1n) is 9.83. The molecule has 0 fully saturated rings. The number of ether oxygens (including phenoxy) is 3. The van der Waals surface area contributed by atoms with Gasteiger partial charge in [-0.3, -0.25) is 4.79 Å². The van der Waals surface area contributed by atoms with Crippen molar-refractivity contribution in [3.63, 3.8) is 0 Å². The fourth-order valence-electron chi connectivity index (χ4n) is 3.55. The summed E-state index contributed by atoms with van der Waals surface area (Å²) in [6.07, 6.45) is 1.41. The number of aryl methyl sites for hydroxylation is 1. The molecule has 1 aliphatic heterocycles. The zero-order chi connectivity index (χ0) is 21.4. The Kier molecular flexibility index (Phi) is 4.67. The summed E-state index contributed by atoms with van der Waals surface area (Å²) in [5.74, 6) is 1.09. The van der Waals surface area contributed by atoms with Gasteiger partial charge >= 0.3 is 5.97 Å². The average Bonchev–Trinajstić information content (AvgIpc) is 2.79. The average molecular weight is 414 g/mol. The highest BCUT2D eigenvalue weighted by Crippen LogP contribution is 2.34. The summed E-state index contributed by atoms with van der Waals surface area (Å²) in [5.41, 5.74) is 2.54. The lowest BCUT2D eigenvalue weighted by atomic mass is 10.0. The van der Waals surface area contributed by atoms with E-state index in [0.29, 0.717) is 58.1 Å². The van der Waals surface area contributed by atoms with Crippen molar-refractivity contribution in [1.82, 2.24) is 0 Å². The van der Waals surface area contributed by atoms with E-state index in [1.165, 1.54) is 6.26 Å². The molecule has 1 aliphatic rings. The second kappa shape index (κ2) is 7.65. The van der Waals surface area contributed by atoms with E-state index < -0.39 is 5.97 Å². The summed E-state index contributed by atoms with van der Waals surface area (Å²) in [7, 11) is 0. The monoisotopic (exact) mass is 414 g/mol. The number of benzene rings is 3. The second-order valence-electron chi connectivity index (χ2n) is 7.20. The lowest BCUT2D eigenvalue weighted by molar-refractivity contribution is 0.0734. The lowest BCUT2D eigenvalue weighted by Gasteiger charge is -2.18. The molecule has 0 radical (unpaired) electrons. The molecule has 6 heteroatoms. The third-order valence-electron chi connectivity index (χ3n) is 5.17. The summed E-state index contributed by atoms with van der Waals surface area (Å²) in [4.78, 5) is 25.5. The molecule has 2 heterocycles. The number of esters is 1. The van der Waals surface area contributed by atoms with Crippen LogP contribution in [0, 0.1) is 6.92 Å². The molecule has 154 valence electrons. The molecule has 0 amide bonds. The van der Waals surface area contributed by atoms with Gasteiger partial charge < -0.3 is 18.6 Å². The molecule has 0 atom stereocenters. The maximum atomic E-state index is 13.1. The largest absolute Gasteiger partial charge is 0.486 e.